The number of halogens is 6. The van der Waals surface area contributed by atoms with Gasteiger partial charge in [0.1, 0.15) is 10.7 Å². The average molecular weight is 363 g/mol. The van der Waals surface area contributed by atoms with Crippen molar-refractivity contribution < 1.29 is 26.3 Å². The Kier molecular flexibility index (Phi) is 4.78. The quantitative estimate of drug-likeness (QED) is 0.311. The lowest BCUT2D eigenvalue weighted by Gasteiger charge is -2.21. The molecule has 0 saturated heterocycles. The summed E-state index contributed by atoms with van der Waals surface area (Å²) in [5.41, 5.74) is 0.666. The van der Waals surface area contributed by atoms with E-state index >= 15 is 0 Å². The van der Waals surface area contributed by atoms with E-state index in [2.05, 4.69) is 0 Å². The van der Waals surface area contributed by atoms with Crippen LogP contribution < -0.4 is 0 Å². The van der Waals surface area contributed by atoms with Gasteiger partial charge in [-0.3, -0.25) is 0 Å². The molecule has 0 radical (unpaired) electrons. The number of benzene rings is 2. The lowest BCUT2D eigenvalue weighted by Crippen LogP contribution is -2.19. The molecule has 0 amide bonds. The van der Waals surface area contributed by atoms with E-state index in [0.29, 0.717) is 17.5 Å². The van der Waals surface area contributed by atoms with Crippen molar-refractivity contribution in [1.82, 2.24) is 4.31 Å². The zero-order valence-electron chi connectivity index (χ0n) is 12.1. The number of hydrogen-bond donors (Lipinski definition) is 0. The molecular weight excluding hydrogens is 352 g/mol. The Morgan fingerprint density at radius 2 is 1.29 bits per heavy atom. The Hall–Kier alpha value is -1.67. The SMILES string of the molecule is Fc1ccc(CN(Sc2c(F)c(F)c(F)c(F)c2F)C2CC2)cc1. The first kappa shape index (κ1) is 17.2. The third-order valence-electron chi connectivity index (χ3n) is 3.58. The molecule has 1 fully saturated rings. The molecule has 1 aliphatic carbocycles. The molecule has 2 aromatic rings. The smallest absolute Gasteiger partial charge is 0.200 e. The van der Waals surface area contributed by atoms with Crippen molar-refractivity contribution in [3.05, 3.63) is 64.7 Å². The highest BCUT2D eigenvalue weighted by Crippen LogP contribution is 2.40. The van der Waals surface area contributed by atoms with Gasteiger partial charge in [-0.25, -0.2) is 30.6 Å². The molecule has 8 heteroatoms. The van der Waals surface area contributed by atoms with Crippen LogP contribution in [0.4, 0.5) is 26.3 Å². The first-order valence-corrected chi connectivity index (χ1v) is 7.86. The summed E-state index contributed by atoms with van der Waals surface area (Å²) >= 11 is 0.492. The van der Waals surface area contributed by atoms with E-state index in [-0.39, 0.29) is 12.6 Å². The average Bonchev–Trinajstić information content (AvgIpc) is 3.41. The summed E-state index contributed by atoms with van der Waals surface area (Å²) in [6, 6.07) is 5.45. The van der Waals surface area contributed by atoms with E-state index in [4.69, 9.17) is 0 Å². The molecule has 0 aliphatic heterocycles. The third-order valence-corrected chi connectivity index (χ3v) is 4.79. The molecule has 0 aromatic heterocycles. The van der Waals surface area contributed by atoms with E-state index in [1.165, 1.54) is 24.3 Å². The first-order chi connectivity index (χ1) is 11.4. The van der Waals surface area contributed by atoms with Crippen LogP contribution in [0.25, 0.3) is 0 Å². The fourth-order valence-electron chi connectivity index (χ4n) is 2.15. The van der Waals surface area contributed by atoms with Gasteiger partial charge in [0.2, 0.25) is 5.82 Å². The van der Waals surface area contributed by atoms with Gasteiger partial charge in [0.05, 0.1) is 0 Å². The maximum absolute atomic E-state index is 13.8. The van der Waals surface area contributed by atoms with Crippen LogP contribution in [0.15, 0.2) is 29.2 Å². The summed E-state index contributed by atoms with van der Waals surface area (Å²) in [6.07, 6.45) is 1.51. The molecule has 0 N–H and O–H groups in total. The fourth-order valence-corrected chi connectivity index (χ4v) is 3.30. The Labute approximate surface area is 138 Å². The standard InChI is InChI=1S/C16H11F6NS/c17-9-3-1-8(2-4-9)7-23(10-5-6-10)24-16-14(21)12(19)11(18)13(20)15(16)22/h1-4,10H,5-7H2. The predicted molar refractivity (Wildman–Crippen MR) is 77.1 cm³/mol. The molecule has 0 spiro atoms. The van der Waals surface area contributed by atoms with Gasteiger partial charge < -0.3 is 0 Å². The van der Waals surface area contributed by atoms with Crippen molar-refractivity contribution in [2.24, 2.45) is 0 Å². The van der Waals surface area contributed by atoms with Gasteiger partial charge in [0, 0.05) is 12.6 Å². The summed E-state index contributed by atoms with van der Waals surface area (Å²) in [4.78, 5) is -0.930. The fraction of sp³-hybridized carbons (Fsp3) is 0.250. The predicted octanol–water partition coefficient (Wildman–Crippen LogP) is 5.19. The summed E-state index contributed by atoms with van der Waals surface area (Å²) in [5.74, 6) is -10.2. The zero-order chi connectivity index (χ0) is 17.4. The first-order valence-electron chi connectivity index (χ1n) is 7.09. The highest BCUT2D eigenvalue weighted by molar-refractivity contribution is 7.97. The van der Waals surface area contributed by atoms with E-state index in [1.807, 2.05) is 0 Å². The Morgan fingerprint density at radius 3 is 1.79 bits per heavy atom. The molecule has 0 unspecified atom stereocenters. The Bertz CT molecular complexity index is 731. The lowest BCUT2D eigenvalue weighted by molar-refractivity contribution is 0.358. The van der Waals surface area contributed by atoms with Crippen molar-refractivity contribution in [1.29, 1.82) is 0 Å². The highest BCUT2D eigenvalue weighted by atomic mass is 32.2. The van der Waals surface area contributed by atoms with Gasteiger partial charge in [0.15, 0.2) is 23.3 Å². The minimum Gasteiger partial charge on any atom is -0.239 e. The molecule has 1 aliphatic rings. The van der Waals surface area contributed by atoms with Gasteiger partial charge in [-0.2, -0.15) is 0 Å². The molecular formula is C16H11F6NS. The van der Waals surface area contributed by atoms with Crippen molar-refractivity contribution in [2.75, 3.05) is 0 Å². The summed E-state index contributed by atoms with van der Waals surface area (Å²) < 4.78 is 81.8. The van der Waals surface area contributed by atoms with E-state index in [1.54, 1.807) is 4.31 Å². The third kappa shape index (κ3) is 3.39. The second-order valence-electron chi connectivity index (χ2n) is 5.42. The van der Waals surface area contributed by atoms with E-state index in [0.717, 1.165) is 12.8 Å². The van der Waals surface area contributed by atoms with Crippen molar-refractivity contribution >= 4 is 11.9 Å². The minimum absolute atomic E-state index is 0.0324. The van der Waals surface area contributed by atoms with Crippen LogP contribution in [0.5, 0.6) is 0 Å². The largest absolute Gasteiger partial charge is 0.239 e. The Balaban J connectivity index is 1.88. The van der Waals surface area contributed by atoms with Crippen LogP contribution in [0.3, 0.4) is 0 Å². The second kappa shape index (κ2) is 6.68. The van der Waals surface area contributed by atoms with Crippen LogP contribution in [-0.4, -0.2) is 10.3 Å². The van der Waals surface area contributed by atoms with Crippen molar-refractivity contribution in [2.45, 2.75) is 30.3 Å². The van der Waals surface area contributed by atoms with Crippen LogP contribution in [0.1, 0.15) is 18.4 Å². The lowest BCUT2D eigenvalue weighted by atomic mass is 10.2. The van der Waals surface area contributed by atoms with Gasteiger partial charge in [-0.15, -0.1) is 0 Å². The minimum atomic E-state index is -2.18. The number of rotatable bonds is 5. The normalized spacial score (nSPS) is 14.5. The molecule has 0 bridgehead atoms. The van der Waals surface area contributed by atoms with Gasteiger partial charge >= 0.3 is 0 Å². The van der Waals surface area contributed by atoms with E-state index in [9.17, 15) is 26.3 Å². The summed E-state index contributed by atoms with van der Waals surface area (Å²) in [5, 5.41) is 0. The van der Waals surface area contributed by atoms with Gasteiger partial charge in [-0.05, 0) is 42.5 Å². The molecule has 2 aromatic carbocycles. The molecule has 128 valence electrons. The van der Waals surface area contributed by atoms with Gasteiger partial charge in [0.25, 0.3) is 0 Å². The number of hydrogen-bond acceptors (Lipinski definition) is 2. The molecule has 1 saturated carbocycles. The second-order valence-corrected chi connectivity index (χ2v) is 6.48. The highest BCUT2D eigenvalue weighted by Gasteiger charge is 2.34. The molecule has 24 heavy (non-hydrogen) atoms. The van der Waals surface area contributed by atoms with E-state index < -0.39 is 39.8 Å². The monoisotopic (exact) mass is 363 g/mol. The maximum atomic E-state index is 13.8. The van der Waals surface area contributed by atoms with Crippen LogP contribution >= 0.6 is 11.9 Å². The zero-order valence-corrected chi connectivity index (χ0v) is 12.9. The van der Waals surface area contributed by atoms with Crippen LogP contribution in [0, 0.1) is 34.9 Å². The van der Waals surface area contributed by atoms with Crippen molar-refractivity contribution in [3.8, 4) is 0 Å². The Morgan fingerprint density at radius 1 is 0.792 bits per heavy atom. The van der Waals surface area contributed by atoms with Crippen LogP contribution in [-0.2, 0) is 6.54 Å². The molecule has 0 heterocycles. The van der Waals surface area contributed by atoms with Crippen LogP contribution in [0.2, 0.25) is 0 Å². The molecule has 3 rings (SSSR count). The van der Waals surface area contributed by atoms with Crippen molar-refractivity contribution in [3.63, 3.8) is 0 Å². The summed E-state index contributed by atoms with van der Waals surface area (Å²) in [6.45, 7) is 0.190. The van der Waals surface area contributed by atoms with Gasteiger partial charge in [-0.1, -0.05) is 12.1 Å². The molecule has 1 nitrogen and oxygen atoms in total. The maximum Gasteiger partial charge on any atom is 0.200 e. The topological polar surface area (TPSA) is 3.24 Å². The molecule has 0 atom stereocenters. The summed E-state index contributed by atoms with van der Waals surface area (Å²) in [7, 11) is 0. The number of nitrogens with zero attached hydrogens (tertiary/aromatic N) is 1.